The summed E-state index contributed by atoms with van der Waals surface area (Å²) in [4.78, 5) is 8.56. The summed E-state index contributed by atoms with van der Waals surface area (Å²) in [5.41, 5.74) is 0. The molecule has 0 saturated heterocycles. The highest BCUT2D eigenvalue weighted by Crippen LogP contribution is 1.42. The van der Waals surface area contributed by atoms with Gasteiger partial charge in [0, 0.05) is 0 Å². The van der Waals surface area contributed by atoms with E-state index in [1.165, 1.54) is 0 Å². The van der Waals surface area contributed by atoms with Gasteiger partial charge in [0.2, 0.25) is 0 Å². The summed E-state index contributed by atoms with van der Waals surface area (Å²) in [5, 5.41) is 13.9. The van der Waals surface area contributed by atoms with Crippen molar-refractivity contribution in [3.63, 3.8) is 0 Å². The molecule has 0 fully saturated rings. The molecule has 10 heavy (non-hydrogen) atoms. The second-order valence-electron chi connectivity index (χ2n) is 0.283. The van der Waals surface area contributed by atoms with E-state index >= 15 is 0 Å². The molecule has 0 aliphatic heterocycles. The van der Waals surface area contributed by atoms with Crippen molar-refractivity contribution in [3.8, 4) is 0 Å². The van der Waals surface area contributed by atoms with Crippen LogP contribution in [0.15, 0.2) is 0 Å². The molecule has 0 aliphatic carbocycles. The highest BCUT2D eigenvalue weighted by Gasteiger charge is 1.70. The van der Waals surface area contributed by atoms with Crippen LogP contribution in [0.4, 0.5) is 28.3 Å². The average Bonchev–Trinajstić information content (AvgIpc) is 0.811. The zero-order valence-electron chi connectivity index (χ0n) is 4.55. The van der Waals surface area contributed by atoms with E-state index in [4.69, 9.17) is 15.0 Å². The molecule has 72 valence electrons. The molecule has 0 spiro atoms. The van der Waals surface area contributed by atoms with E-state index < -0.39 is 6.16 Å². The summed E-state index contributed by atoms with van der Waals surface area (Å²) in [6.45, 7) is 0. The van der Waals surface area contributed by atoms with Crippen LogP contribution < -0.4 is 0 Å². The Bertz CT molecular complexity index is 39.9. The number of halogens is 5. The van der Waals surface area contributed by atoms with Gasteiger partial charge in [-0.3, -0.25) is 23.5 Å². The maximum Gasteiger partial charge on any atom is 0.503 e. The lowest BCUT2D eigenvalue weighted by Gasteiger charge is -1.60. The van der Waals surface area contributed by atoms with Crippen LogP contribution in [0.1, 0.15) is 0 Å². The third-order valence-electron chi connectivity index (χ3n) is 0. The monoisotopic (exact) mass is 196 g/mol. The smallest absolute Gasteiger partial charge is 0.450 e. The Labute approximate surface area is 55.9 Å². The molecule has 2 N–H and O–H groups in total. The van der Waals surface area contributed by atoms with Crippen molar-refractivity contribution in [2.24, 2.45) is 0 Å². The van der Waals surface area contributed by atoms with Crippen LogP contribution in [0.3, 0.4) is 0 Å². The molecular formula is CH10F5O3P. The molecule has 0 radical (unpaired) electrons. The summed E-state index contributed by atoms with van der Waals surface area (Å²) in [6.07, 6.45) is -1.83. The van der Waals surface area contributed by atoms with Crippen molar-refractivity contribution in [2.45, 2.75) is 0 Å². The van der Waals surface area contributed by atoms with Crippen LogP contribution in [0.5, 0.6) is 0 Å². The number of hydrogen-bond acceptors (Lipinski definition) is 1. The first-order valence-corrected chi connectivity index (χ1v) is 0.651. The molecule has 0 aromatic carbocycles. The first-order valence-electron chi connectivity index (χ1n) is 0.651. The third-order valence-corrected chi connectivity index (χ3v) is 0. The lowest BCUT2D eigenvalue weighted by Crippen LogP contribution is -1.81. The van der Waals surface area contributed by atoms with Crippen molar-refractivity contribution in [1.82, 2.24) is 0 Å². The van der Waals surface area contributed by atoms with Gasteiger partial charge in [0.1, 0.15) is 0 Å². The van der Waals surface area contributed by atoms with Crippen LogP contribution in [0.2, 0.25) is 0 Å². The minimum absolute atomic E-state index is 0. The predicted octanol–water partition coefficient (Wildman–Crippen LogP) is 1.04. The molecule has 0 aromatic heterocycles. The number of carbonyl (C=O) groups is 1. The normalized spacial score (nSPS) is 2.40. The van der Waals surface area contributed by atoms with E-state index in [1.54, 1.807) is 0 Å². The quantitative estimate of drug-likeness (QED) is 0.449. The molecule has 1 unspecified atom stereocenters. The minimum atomic E-state index is -1.83. The SMILES string of the molecule is F.F.F.F.F.O=C(O)O.P. The van der Waals surface area contributed by atoms with Crippen molar-refractivity contribution >= 4 is 16.1 Å². The Balaban J connectivity index is -0.00000000300. The van der Waals surface area contributed by atoms with Gasteiger partial charge < -0.3 is 10.2 Å². The minimum Gasteiger partial charge on any atom is -0.450 e. The molecule has 9 heteroatoms. The maximum absolute atomic E-state index is 8.56. The van der Waals surface area contributed by atoms with Gasteiger partial charge in [0.05, 0.1) is 0 Å². The Morgan fingerprint density at radius 2 is 0.800 bits per heavy atom. The molecule has 0 amide bonds. The molecule has 3 nitrogen and oxygen atoms in total. The van der Waals surface area contributed by atoms with Crippen LogP contribution in [-0.2, 0) is 0 Å². The number of carboxylic acid groups (broad SMARTS) is 2. The van der Waals surface area contributed by atoms with Gasteiger partial charge in [-0.2, -0.15) is 9.90 Å². The molecule has 0 heterocycles. The predicted molar refractivity (Wildman–Crippen MR) is 34.3 cm³/mol. The largest absolute Gasteiger partial charge is 0.503 e. The second-order valence-corrected chi connectivity index (χ2v) is 0.283. The van der Waals surface area contributed by atoms with E-state index in [-0.39, 0.29) is 33.4 Å². The van der Waals surface area contributed by atoms with Crippen molar-refractivity contribution in [3.05, 3.63) is 0 Å². The summed E-state index contributed by atoms with van der Waals surface area (Å²) in [5.74, 6) is 0. The van der Waals surface area contributed by atoms with E-state index in [0.717, 1.165) is 0 Å². The molecule has 0 aromatic rings. The molecule has 0 rings (SSSR count). The first kappa shape index (κ1) is 118. The number of hydrogen-bond donors (Lipinski definition) is 2. The fourth-order valence-corrected chi connectivity index (χ4v) is 0. The molecular weight excluding hydrogens is 186 g/mol. The van der Waals surface area contributed by atoms with Gasteiger partial charge in [0.25, 0.3) is 0 Å². The standard InChI is InChI=1S/CH2O3.5FH.H3P/c2-1(3)4;;;;;;/h(H2,2,3,4);5*1H;1H3. The Hall–Kier alpha value is -0.650. The Morgan fingerprint density at radius 1 is 0.800 bits per heavy atom. The molecule has 0 bridgehead atoms. The topological polar surface area (TPSA) is 57.5 Å². The first-order chi connectivity index (χ1) is 1.73. The molecule has 0 saturated carbocycles. The highest BCUT2D eigenvalue weighted by atomic mass is 31.0. The average molecular weight is 196 g/mol. The van der Waals surface area contributed by atoms with Crippen LogP contribution in [0.25, 0.3) is 0 Å². The number of rotatable bonds is 0. The van der Waals surface area contributed by atoms with Crippen molar-refractivity contribution < 1.29 is 38.5 Å². The summed E-state index contributed by atoms with van der Waals surface area (Å²) < 4.78 is 0. The van der Waals surface area contributed by atoms with E-state index in [1.807, 2.05) is 0 Å². The third kappa shape index (κ3) is 701. The summed E-state index contributed by atoms with van der Waals surface area (Å²) >= 11 is 0. The zero-order chi connectivity index (χ0) is 3.58. The van der Waals surface area contributed by atoms with Gasteiger partial charge in [-0.1, -0.05) is 0 Å². The highest BCUT2D eigenvalue weighted by molar-refractivity contribution is 6.92. The van der Waals surface area contributed by atoms with Crippen molar-refractivity contribution in [1.29, 1.82) is 0 Å². The van der Waals surface area contributed by atoms with Gasteiger partial charge in [-0.15, -0.1) is 0 Å². The van der Waals surface area contributed by atoms with Gasteiger partial charge >= 0.3 is 6.16 Å². The van der Waals surface area contributed by atoms with E-state index in [9.17, 15) is 0 Å². The van der Waals surface area contributed by atoms with E-state index in [2.05, 4.69) is 0 Å². The van der Waals surface area contributed by atoms with Crippen LogP contribution in [0, 0.1) is 0 Å². The fraction of sp³-hybridized carbons (Fsp3) is 0. The van der Waals surface area contributed by atoms with Crippen LogP contribution in [-0.4, -0.2) is 16.4 Å². The van der Waals surface area contributed by atoms with Gasteiger partial charge in [-0.25, -0.2) is 4.79 Å². The maximum atomic E-state index is 8.56. The van der Waals surface area contributed by atoms with Gasteiger partial charge in [-0.05, 0) is 0 Å². The zero-order valence-corrected chi connectivity index (χ0v) is 5.97. The second kappa shape index (κ2) is 81.7. The Kier molecular flexibility index (Phi) is 964. The molecule has 1 atom stereocenters. The lowest BCUT2D eigenvalue weighted by atomic mass is 11.5. The summed E-state index contributed by atoms with van der Waals surface area (Å²) in [6, 6.07) is 0. The van der Waals surface area contributed by atoms with Gasteiger partial charge in [0.15, 0.2) is 0 Å². The van der Waals surface area contributed by atoms with Crippen molar-refractivity contribution in [2.75, 3.05) is 0 Å². The fourth-order valence-electron chi connectivity index (χ4n) is 0. The summed E-state index contributed by atoms with van der Waals surface area (Å²) in [7, 11) is 0. The lowest BCUT2D eigenvalue weighted by molar-refractivity contribution is 0.137. The Morgan fingerprint density at radius 3 is 0.800 bits per heavy atom. The molecule has 0 aliphatic rings. The van der Waals surface area contributed by atoms with E-state index in [0.29, 0.717) is 0 Å². The van der Waals surface area contributed by atoms with Crippen LogP contribution >= 0.6 is 9.90 Å².